The second-order valence-corrected chi connectivity index (χ2v) is 5.02. The average Bonchev–Trinajstić information content (AvgIpc) is 3.06. The van der Waals surface area contributed by atoms with Crippen LogP contribution in [0.3, 0.4) is 0 Å². The number of imidazole rings is 1. The zero-order valence-corrected chi connectivity index (χ0v) is 11.4. The van der Waals surface area contributed by atoms with Gasteiger partial charge in [-0.15, -0.1) is 0 Å². The standard InChI is InChI=1S/C15H15N3O3/c19-14-9-12-8-11(15(20)21)2-3-13(12)18(14)6-1-5-17-7-4-16-10-17/h2-4,7-8,10H,1,5-6,9H2,(H,20,21). The van der Waals surface area contributed by atoms with Crippen molar-refractivity contribution in [1.29, 1.82) is 0 Å². The van der Waals surface area contributed by atoms with Crippen LogP contribution in [0.1, 0.15) is 22.3 Å². The topological polar surface area (TPSA) is 75.4 Å². The van der Waals surface area contributed by atoms with E-state index in [1.54, 1.807) is 35.6 Å². The Morgan fingerprint density at radius 3 is 2.90 bits per heavy atom. The molecular weight excluding hydrogens is 270 g/mol. The van der Waals surface area contributed by atoms with Crippen molar-refractivity contribution in [1.82, 2.24) is 9.55 Å². The van der Waals surface area contributed by atoms with Gasteiger partial charge in [0.1, 0.15) is 0 Å². The third kappa shape index (κ3) is 2.65. The maximum absolute atomic E-state index is 12.1. The van der Waals surface area contributed by atoms with Gasteiger partial charge >= 0.3 is 5.97 Å². The third-order valence-corrected chi connectivity index (χ3v) is 3.62. The van der Waals surface area contributed by atoms with Crippen molar-refractivity contribution in [2.24, 2.45) is 0 Å². The van der Waals surface area contributed by atoms with Gasteiger partial charge < -0.3 is 14.6 Å². The van der Waals surface area contributed by atoms with Crippen molar-refractivity contribution in [2.75, 3.05) is 11.4 Å². The van der Waals surface area contributed by atoms with Gasteiger partial charge in [0.15, 0.2) is 0 Å². The molecule has 1 aliphatic rings. The molecule has 6 nitrogen and oxygen atoms in total. The first kappa shape index (κ1) is 13.4. The molecule has 21 heavy (non-hydrogen) atoms. The van der Waals surface area contributed by atoms with E-state index in [2.05, 4.69) is 4.98 Å². The van der Waals surface area contributed by atoms with Crippen LogP contribution in [-0.2, 0) is 17.8 Å². The summed E-state index contributed by atoms with van der Waals surface area (Å²) in [5.74, 6) is -0.943. The summed E-state index contributed by atoms with van der Waals surface area (Å²) in [7, 11) is 0. The highest BCUT2D eigenvalue weighted by atomic mass is 16.4. The Morgan fingerprint density at radius 1 is 1.33 bits per heavy atom. The summed E-state index contributed by atoms with van der Waals surface area (Å²) >= 11 is 0. The summed E-state index contributed by atoms with van der Waals surface area (Å²) in [5.41, 5.74) is 1.85. The van der Waals surface area contributed by atoms with Crippen LogP contribution in [0.15, 0.2) is 36.9 Å². The molecule has 0 spiro atoms. The van der Waals surface area contributed by atoms with Gasteiger partial charge in [0.25, 0.3) is 0 Å². The molecule has 3 rings (SSSR count). The van der Waals surface area contributed by atoms with Crippen LogP contribution in [-0.4, -0.2) is 33.1 Å². The summed E-state index contributed by atoms with van der Waals surface area (Å²) < 4.78 is 1.97. The van der Waals surface area contributed by atoms with E-state index < -0.39 is 5.97 Å². The molecule has 2 heterocycles. The molecule has 0 fully saturated rings. The first-order chi connectivity index (χ1) is 10.1. The Balaban J connectivity index is 1.70. The normalized spacial score (nSPS) is 13.5. The summed E-state index contributed by atoms with van der Waals surface area (Å²) in [5, 5.41) is 8.99. The van der Waals surface area contributed by atoms with E-state index in [1.807, 2.05) is 10.8 Å². The highest BCUT2D eigenvalue weighted by molar-refractivity contribution is 6.02. The first-order valence-electron chi connectivity index (χ1n) is 6.77. The molecule has 1 aromatic heterocycles. The number of carbonyl (C=O) groups excluding carboxylic acids is 1. The molecule has 1 amide bonds. The Kier molecular flexibility index (Phi) is 3.43. The summed E-state index contributed by atoms with van der Waals surface area (Å²) in [6, 6.07) is 4.86. The number of carboxylic acid groups (broad SMARTS) is 1. The van der Waals surface area contributed by atoms with E-state index in [-0.39, 0.29) is 17.9 Å². The van der Waals surface area contributed by atoms with Gasteiger partial charge in [0.2, 0.25) is 5.91 Å². The second-order valence-electron chi connectivity index (χ2n) is 5.02. The van der Waals surface area contributed by atoms with Crippen LogP contribution in [0, 0.1) is 0 Å². The van der Waals surface area contributed by atoms with Crippen molar-refractivity contribution in [2.45, 2.75) is 19.4 Å². The fraction of sp³-hybridized carbons (Fsp3) is 0.267. The largest absolute Gasteiger partial charge is 0.478 e. The Bertz CT molecular complexity index is 679. The Morgan fingerprint density at radius 2 is 2.19 bits per heavy atom. The molecule has 1 aromatic carbocycles. The van der Waals surface area contributed by atoms with Gasteiger partial charge in [-0.2, -0.15) is 0 Å². The van der Waals surface area contributed by atoms with E-state index in [9.17, 15) is 9.59 Å². The number of aromatic carboxylic acids is 1. The average molecular weight is 285 g/mol. The molecule has 108 valence electrons. The van der Waals surface area contributed by atoms with E-state index >= 15 is 0 Å². The van der Waals surface area contributed by atoms with Gasteiger partial charge in [-0.3, -0.25) is 4.79 Å². The Labute approximate surface area is 121 Å². The number of hydrogen-bond donors (Lipinski definition) is 1. The minimum absolute atomic E-state index is 0.0261. The number of aryl methyl sites for hydroxylation is 1. The van der Waals surface area contributed by atoms with Crippen molar-refractivity contribution >= 4 is 17.6 Å². The molecule has 6 heteroatoms. The number of benzene rings is 1. The number of amides is 1. The van der Waals surface area contributed by atoms with Crippen LogP contribution in [0.5, 0.6) is 0 Å². The predicted molar refractivity (Wildman–Crippen MR) is 76.3 cm³/mol. The molecule has 0 bridgehead atoms. The molecule has 0 unspecified atom stereocenters. The lowest BCUT2D eigenvalue weighted by molar-refractivity contribution is -0.117. The number of rotatable bonds is 5. The molecule has 0 saturated heterocycles. The molecule has 1 aliphatic heterocycles. The van der Waals surface area contributed by atoms with Crippen molar-refractivity contribution in [3.8, 4) is 0 Å². The fourth-order valence-electron chi connectivity index (χ4n) is 2.59. The highest BCUT2D eigenvalue weighted by Crippen LogP contribution is 2.29. The predicted octanol–water partition coefficient (Wildman–Crippen LogP) is 1.56. The molecule has 0 radical (unpaired) electrons. The minimum Gasteiger partial charge on any atom is -0.478 e. The lowest BCUT2D eigenvalue weighted by Crippen LogP contribution is -2.28. The van der Waals surface area contributed by atoms with Gasteiger partial charge in [0.05, 0.1) is 18.3 Å². The summed E-state index contributed by atoms with van der Waals surface area (Å²) in [6.45, 7) is 1.42. The molecular formula is C15H15N3O3. The number of fused-ring (bicyclic) bond motifs is 1. The number of anilines is 1. The SMILES string of the molecule is O=C(O)c1ccc2c(c1)CC(=O)N2CCCn1ccnc1. The summed E-state index contributed by atoms with van der Waals surface area (Å²) in [4.78, 5) is 28.7. The third-order valence-electron chi connectivity index (χ3n) is 3.62. The van der Waals surface area contributed by atoms with Crippen LogP contribution < -0.4 is 4.90 Å². The van der Waals surface area contributed by atoms with Gasteiger partial charge in [-0.05, 0) is 30.2 Å². The molecule has 1 N–H and O–H groups in total. The van der Waals surface area contributed by atoms with E-state index in [0.717, 1.165) is 24.2 Å². The first-order valence-corrected chi connectivity index (χ1v) is 6.77. The van der Waals surface area contributed by atoms with Crippen LogP contribution in [0.4, 0.5) is 5.69 Å². The quantitative estimate of drug-likeness (QED) is 0.904. The smallest absolute Gasteiger partial charge is 0.335 e. The van der Waals surface area contributed by atoms with Crippen molar-refractivity contribution in [3.63, 3.8) is 0 Å². The molecule has 0 saturated carbocycles. The monoisotopic (exact) mass is 285 g/mol. The van der Waals surface area contributed by atoms with Crippen LogP contribution >= 0.6 is 0 Å². The van der Waals surface area contributed by atoms with Crippen molar-refractivity contribution in [3.05, 3.63) is 48.0 Å². The van der Waals surface area contributed by atoms with Crippen LogP contribution in [0.25, 0.3) is 0 Å². The lowest BCUT2D eigenvalue weighted by atomic mass is 10.1. The molecule has 0 aliphatic carbocycles. The number of carboxylic acids is 1. The maximum atomic E-state index is 12.1. The number of aromatic nitrogens is 2. The lowest BCUT2D eigenvalue weighted by Gasteiger charge is -2.17. The zero-order chi connectivity index (χ0) is 14.8. The maximum Gasteiger partial charge on any atom is 0.335 e. The van der Waals surface area contributed by atoms with Crippen molar-refractivity contribution < 1.29 is 14.7 Å². The highest BCUT2D eigenvalue weighted by Gasteiger charge is 2.27. The second kappa shape index (κ2) is 5.40. The zero-order valence-electron chi connectivity index (χ0n) is 11.4. The number of hydrogen-bond acceptors (Lipinski definition) is 3. The molecule has 0 atom stereocenters. The summed E-state index contributed by atoms with van der Waals surface area (Å²) in [6.07, 6.45) is 6.46. The molecule has 2 aromatic rings. The van der Waals surface area contributed by atoms with E-state index in [1.165, 1.54) is 0 Å². The number of nitrogens with zero attached hydrogens (tertiary/aromatic N) is 3. The van der Waals surface area contributed by atoms with Gasteiger partial charge in [0, 0.05) is 31.2 Å². The number of carbonyl (C=O) groups is 2. The van der Waals surface area contributed by atoms with Crippen LogP contribution in [0.2, 0.25) is 0 Å². The van der Waals surface area contributed by atoms with E-state index in [4.69, 9.17) is 5.11 Å². The van der Waals surface area contributed by atoms with Gasteiger partial charge in [-0.25, -0.2) is 9.78 Å². The minimum atomic E-state index is -0.969. The fourth-order valence-corrected chi connectivity index (χ4v) is 2.59. The van der Waals surface area contributed by atoms with E-state index in [0.29, 0.717) is 6.54 Å². The van der Waals surface area contributed by atoms with Gasteiger partial charge in [-0.1, -0.05) is 0 Å². The Hall–Kier alpha value is -2.63.